The van der Waals surface area contributed by atoms with E-state index in [1.807, 2.05) is 0 Å². The maximum atomic E-state index is 10.8. The first-order valence-electron chi connectivity index (χ1n) is 3.30. The van der Waals surface area contributed by atoms with Gasteiger partial charge in [0.15, 0.2) is 0 Å². The number of aromatic hydroxyl groups is 1. The van der Waals surface area contributed by atoms with Crippen LogP contribution in [-0.4, -0.2) is 22.0 Å². The molecule has 5 heteroatoms. The number of carboxylic acid groups (broad SMARTS) is 1. The van der Waals surface area contributed by atoms with E-state index >= 15 is 0 Å². The SMILES string of the molecule is O=C(O)C(=O)c1ccc([O-])c(O)c1. The molecule has 2 N–H and O–H groups in total. The summed E-state index contributed by atoms with van der Waals surface area (Å²) in [5, 5.41) is 27.8. The predicted octanol–water partition coefficient (Wildman–Crippen LogP) is -0.267. The Bertz CT molecular complexity index is 369. The van der Waals surface area contributed by atoms with Crippen molar-refractivity contribution in [2.45, 2.75) is 0 Å². The van der Waals surface area contributed by atoms with Gasteiger partial charge in [-0.3, -0.25) is 4.79 Å². The lowest BCUT2D eigenvalue weighted by molar-refractivity contribution is -0.270. The number of rotatable bonds is 2. The fourth-order valence-corrected chi connectivity index (χ4v) is 0.782. The number of hydrogen-bond donors (Lipinski definition) is 2. The van der Waals surface area contributed by atoms with Crippen LogP contribution >= 0.6 is 0 Å². The highest BCUT2D eigenvalue weighted by Crippen LogP contribution is 2.22. The van der Waals surface area contributed by atoms with Gasteiger partial charge in [0.25, 0.3) is 5.78 Å². The Hall–Kier alpha value is -2.04. The van der Waals surface area contributed by atoms with Gasteiger partial charge in [-0.2, -0.15) is 0 Å². The van der Waals surface area contributed by atoms with E-state index in [9.17, 15) is 14.7 Å². The van der Waals surface area contributed by atoms with Crippen LogP contribution in [0.3, 0.4) is 0 Å². The van der Waals surface area contributed by atoms with Gasteiger partial charge in [-0.25, -0.2) is 4.79 Å². The highest BCUT2D eigenvalue weighted by molar-refractivity contribution is 6.39. The van der Waals surface area contributed by atoms with Gasteiger partial charge in [-0.1, -0.05) is 17.9 Å². The van der Waals surface area contributed by atoms with Crippen molar-refractivity contribution < 1.29 is 24.9 Å². The van der Waals surface area contributed by atoms with Crippen LogP contribution in [0.1, 0.15) is 10.4 Å². The molecule has 0 aliphatic heterocycles. The summed E-state index contributed by atoms with van der Waals surface area (Å²) >= 11 is 0. The van der Waals surface area contributed by atoms with E-state index in [-0.39, 0.29) is 5.56 Å². The summed E-state index contributed by atoms with van der Waals surface area (Å²) in [6, 6.07) is 2.82. The van der Waals surface area contributed by atoms with Gasteiger partial charge in [0, 0.05) is 5.56 Å². The predicted molar refractivity (Wildman–Crippen MR) is 39.5 cm³/mol. The van der Waals surface area contributed by atoms with Crippen LogP contribution in [0.5, 0.6) is 11.5 Å². The Morgan fingerprint density at radius 3 is 2.38 bits per heavy atom. The molecule has 0 radical (unpaired) electrons. The molecule has 1 rings (SSSR count). The highest BCUT2D eigenvalue weighted by Gasteiger charge is 2.14. The van der Waals surface area contributed by atoms with Crippen molar-refractivity contribution in [2.75, 3.05) is 0 Å². The molecule has 0 bridgehead atoms. The number of hydrogen-bond acceptors (Lipinski definition) is 4. The molecule has 1 aromatic rings. The van der Waals surface area contributed by atoms with E-state index < -0.39 is 23.3 Å². The Morgan fingerprint density at radius 2 is 1.92 bits per heavy atom. The van der Waals surface area contributed by atoms with Crippen molar-refractivity contribution in [3.63, 3.8) is 0 Å². The third-order valence-corrected chi connectivity index (χ3v) is 1.42. The molecule has 1 aromatic carbocycles. The molecule has 0 unspecified atom stereocenters. The van der Waals surface area contributed by atoms with Crippen LogP contribution < -0.4 is 5.11 Å². The molecule has 0 amide bonds. The van der Waals surface area contributed by atoms with Gasteiger partial charge in [0.1, 0.15) is 5.75 Å². The smallest absolute Gasteiger partial charge is 0.377 e. The molecule has 0 heterocycles. The first-order valence-corrected chi connectivity index (χ1v) is 3.30. The van der Waals surface area contributed by atoms with Gasteiger partial charge in [-0.05, 0) is 6.07 Å². The summed E-state index contributed by atoms with van der Waals surface area (Å²) in [7, 11) is 0. The largest absolute Gasteiger partial charge is 0.870 e. The molecule has 0 spiro atoms. The quantitative estimate of drug-likeness (QED) is 0.483. The van der Waals surface area contributed by atoms with Crippen LogP contribution in [0.4, 0.5) is 0 Å². The molecule has 13 heavy (non-hydrogen) atoms. The average Bonchev–Trinajstić information content (AvgIpc) is 2.08. The lowest BCUT2D eigenvalue weighted by atomic mass is 10.1. The first-order chi connectivity index (χ1) is 6.02. The molecular formula is C8H5O5-. The number of aliphatic carboxylic acids is 1. The summed E-state index contributed by atoms with van der Waals surface area (Å²) in [5.74, 6) is -4.07. The van der Waals surface area contributed by atoms with Crippen LogP contribution in [0, 0.1) is 0 Å². The topological polar surface area (TPSA) is 97.7 Å². The van der Waals surface area contributed by atoms with Crippen molar-refractivity contribution in [2.24, 2.45) is 0 Å². The van der Waals surface area contributed by atoms with E-state index in [4.69, 9.17) is 10.2 Å². The van der Waals surface area contributed by atoms with Gasteiger partial charge in [-0.15, -0.1) is 0 Å². The minimum atomic E-state index is -1.63. The Labute approximate surface area is 72.9 Å². The number of carbonyl (C=O) groups is 2. The molecule has 0 aliphatic rings. The summed E-state index contributed by atoms with van der Waals surface area (Å²) < 4.78 is 0. The lowest BCUT2D eigenvalue weighted by Gasteiger charge is -2.07. The number of phenols is 1. The van der Waals surface area contributed by atoms with Crippen LogP contribution in [-0.2, 0) is 4.79 Å². The van der Waals surface area contributed by atoms with E-state index in [0.717, 1.165) is 18.2 Å². The zero-order valence-corrected chi connectivity index (χ0v) is 6.35. The molecule has 0 fully saturated rings. The van der Waals surface area contributed by atoms with Crippen LogP contribution in [0.2, 0.25) is 0 Å². The van der Waals surface area contributed by atoms with Crippen molar-refractivity contribution >= 4 is 11.8 Å². The number of benzene rings is 1. The fourth-order valence-electron chi connectivity index (χ4n) is 0.782. The molecule has 5 nitrogen and oxygen atoms in total. The Morgan fingerprint density at radius 1 is 1.31 bits per heavy atom. The van der Waals surface area contributed by atoms with Crippen LogP contribution in [0.15, 0.2) is 18.2 Å². The van der Waals surface area contributed by atoms with Crippen molar-refractivity contribution in [3.05, 3.63) is 23.8 Å². The number of carboxylic acids is 1. The number of ketones is 1. The lowest BCUT2D eigenvalue weighted by Crippen LogP contribution is -2.12. The number of carbonyl (C=O) groups excluding carboxylic acids is 1. The van der Waals surface area contributed by atoms with Crippen molar-refractivity contribution in [1.82, 2.24) is 0 Å². The normalized spacial score (nSPS) is 9.54. The second-order valence-corrected chi connectivity index (χ2v) is 2.32. The molecule has 0 atom stereocenters. The van der Waals surface area contributed by atoms with Gasteiger partial charge in [0.2, 0.25) is 0 Å². The highest BCUT2D eigenvalue weighted by atomic mass is 16.4. The first kappa shape index (κ1) is 9.05. The second kappa shape index (κ2) is 3.14. The minimum Gasteiger partial charge on any atom is -0.870 e. The average molecular weight is 181 g/mol. The molecule has 0 saturated heterocycles. The molecule has 0 saturated carbocycles. The zero-order chi connectivity index (χ0) is 10.0. The Balaban J connectivity index is 3.11. The minimum absolute atomic E-state index is 0.218. The van der Waals surface area contributed by atoms with E-state index in [1.54, 1.807) is 0 Å². The monoisotopic (exact) mass is 181 g/mol. The summed E-state index contributed by atoms with van der Waals surface area (Å²) in [6.45, 7) is 0. The summed E-state index contributed by atoms with van der Waals surface area (Å²) in [5.41, 5.74) is -0.218. The van der Waals surface area contributed by atoms with E-state index in [0.29, 0.717) is 0 Å². The number of phenolic OH excluding ortho intramolecular Hbond substituents is 1. The van der Waals surface area contributed by atoms with Gasteiger partial charge in [0.05, 0.1) is 0 Å². The Kier molecular flexibility index (Phi) is 2.19. The molecule has 0 aliphatic carbocycles. The second-order valence-electron chi connectivity index (χ2n) is 2.32. The maximum absolute atomic E-state index is 10.8. The fraction of sp³-hybridized carbons (Fsp3) is 0. The van der Waals surface area contributed by atoms with Gasteiger partial charge >= 0.3 is 5.97 Å². The molecule has 0 aromatic heterocycles. The summed E-state index contributed by atoms with van der Waals surface area (Å²) in [6.07, 6.45) is 0. The molecular weight excluding hydrogens is 176 g/mol. The zero-order valence-electron chi connectivity index (χ0n) is 6.35. The van der Waals surface area contributed by atoms with Crippen molar-refractivity contribution in [3.8, 4) is 11.5 Å². The third-order valence-electron chi connectivity index (χ3n) is 1.42. The van der Waals surface area contributed by atoms with E-state index in [1.165, 1.54) is 0 Å². The third kappa shape index (κ3) is 1.76. The van der Waals surface area contributed by atoms with E-state index in [2.05, 4.69) is 0 Å². The number of Topliss-reactive ketones (excluding diaryl/α,β-unsaturated/α-hetero) is 1. The summed E-state index contributed by atoms with van der Waals surface area (Å²) in [4.78, 5) is 21.0. The molecule has 68 valence electrons. The van der Waals surface area contributed by atoms with Crippen LogP contribution in [0.25, 0.3) is 0 Å². The van der Waals surface area contributed by atoms with Gasteiger partial charge < -0.3 is 15.3 Å². The standard InChI is InChI=1S/C8H6O5/c9-5-2-1-4(3-6(5)10)7(11)8(12)13/h1-3,9-10H,(H,12,13)/p-1. The van der Waals surface area contributed by atoms with Crippen molar-refractivity contribution in [1.29, 1.82) is 0 Å². The maximum Gasteiger partial charge on any atom is 0.377 e.